The first kappa shape index (κ1) is 20.3. The van der Waals surface area contributed by atoms with Crippen molar-refractivity contribution < 1.29 is 26.4 Å². The van der Waals surface area contributed by atoms with Gasteiger partial charge in [-0.25, -0.2) is 26.6 Å². The number of carbonyl (C=O) groups excluding carboxylic acids is 1. The monoisotopic (exact) mass is 448 g/mol. The lowest BCUT2D eigenvalue weighted by molar-refractivity contribution is 0.103. The van der Waals surface area contributed by atoms with Crippen molar-refractivity contribution in [2.24, 2.45) is 0 Å². The molecule has 4 rings (SSSR count). The minimum Gasteiger partial charge on any atom is -0.345 e. The number of hydrogen-bond acceptors (Lipinski definition) is 5. The first-order valence-electron chi connectivity index (χ1n) is 8.55. The van der Waals surface area contributed by atoms with E-state index in [0.29, 0.717) is 6.07 Å². The van der Waals surface area contributed by atoms with Crippen LogP contribution in [0.15, 0.2) is 58.6 Å². The van der Waals surface area contributed by atoms with Crippen LogP contribution in [0, 0.1) is 17.5 Å². The van der Waals surface area contributed by atoms with Crippen molar-refractivity contribution >= 4 is 32.5 Å². The molecule has 12 heteroatoms. The van der Waals surface area contributed by atoms with Crippen LogP contribution in [0.1, 0.15) is 15.9 Å². The van der Waals surface area contributed by atoms with Crippen molar-refractivity contribution in [1.29, 1.82) is 0 Å². The van der Waals surface area contributed by atoms with Gasteiger partial charge >= 0.3 is 0 Å². The SMILES string of the molecule is O=C(c1c(F)ccc(NS(=O)(=O)c2ccccc2F)c1F)c1c[nH]c2nc[nH]c(=O)c12. The molecule has 0 fully saturated rings. The van der Waals surface area contributed by atoms with E-state index < -0.39 is 55.0 Å². The lowest BCUT2D eigenvalue weighted by Crippen LogP contribution is -2.18. The van der Waals surface area contributed by atoms with Gasteiger partial charge in [0.2, 0.25) is 5.78 Å². The molecule has 0 saturated heterocycles. The molecule has 0 atom stereocenters. The molecule has 158 valence electrons. The number of hydrogen-bond donors (Lipinski definition) is 3. The molecule has 0 unspecified atom stereocenters. The van der Waals surface area contributed by atoms with E-state index in [1.165, 1.54) is 12.1 Å². The van der Waals surface area contributed by atoms with Crippen LogP contribution in [0.5, 0.6) is 0 Å². The Balaban J connectivity index is 1.81. The average molecular weight is 448 g/mol. The van der Waals surface area contributed by atoms with E-state index in [9.17, 15) is 26.8 Å². The Morgan fingerprint density at radius 1 is 1.00 bits per heavy atom. The van der Waals surface area contributed by atoms with E-state index in [2.05, 4.69) is 15.0 Å². The highest BCUT2D eigenvalue weighted by Gasteiger charge is 2.27. The first-order valence-corrected chi connectivity index (χ1v) is 10.0. The Morgan fingerprint density at radius 3 is 2.48 bits per heavy atom. The molecule has 2 heterocycles. The van der Waals surface area contributed by atoms with Gasteiger partial charge in [0, 0.05) is 6.20 Å². The third kappa shape index (κ3) is 3.46. The van der Waals surface area contributed by atoms with Crippen LogP contribution in [0.3, 0.4) is 0 Å². The number of nitrogens with zero attached hydrogens (tertiary/aromatic N) is 1. The predicted octanol–water partition coefficient (Wildman–Crippen LogP) is 2.70. The zero-order chi connectivity index (χ0) is 22.3. The van der Waals surface area contributed by atoms with Crippen LogP contribution in [-0.4, -0.2) is 29.2 Å². The van der Waals surface area contributed by atoms with Crippen LogP contribution in [0.2, 0.25) is 0 Å². The number of carbonyl (C=O) groups is 1. The molecule has 0 spiro atoms. The summed E-state index contributed by atoms with van der Waals surface area (Å²) in [5.41, 5.74) is -2.94. The molecule has 0 radical (unpaired) electrons. The maximum Gasteiger partial charge on any atom is 0.264 e. The van der Waals surface area contributed by atoms with Gasteiger partial charge in [0.25, 0.3) is 15.6 Å². The van der Waals surface area contributed by atoms with Crippen molar-refractivity contribution in [3.8, 4) is 0 Å². The van der Waals surface area contributed by atoms with E-state index in [1.54, 1.807) is 0 Å². The van der Waals surface area contributed by atoms with Crippen LogP contribution in [-0.2, 0) is 10.0 Å². The number of halogens is 3. The first-order chi connectivity index (χ1) is 14.7. The maximum atomic E-state index is 15.0. The predicted molar refractivity (Wildman–Crippen MR) is 104 cm³/mol. The van der Waals surface area contributed by atoms with Gasteiger partial charge < -0.3 is 9.97 Å². The van der Waals surface area contributed by atoms with Crippen LogP contribution in [0.4, 0.5) is 18.9 Å². The number of rotatable bonds is 5. The zero-order valence-corrected chi connectivity index (χ0v) is 16.1. The molecule has 0 saturated carbocycles. The standard InChI is InChI=1S/C19H11F3N4O4S/c20-10-3-1-2-4-13(10)31(29,30)26-12-6-5-11(21)15(16(12)22)17(27)9-7-23-18-14(9)19(28)25-8-24-18/h1-8,26H,(H2,23,24,25,28). The Hall–Kier alpha value is -3.93. The smallest absolute Gasteiger partial charge is 0.264 e. The Morgan fingerprint density at radius 2 is 1.74 bits per heavy atom. The summed E-state index contributed by atoms with van der Waals surface area (Å²) in [5, 5.41) is -0.219. The number of benzene rings is 2. The lowest BCUT2D eigenvalue weighted by Gasteiger charge is -2.12. The number of sulfonamides is 1. The van der Waals surface area contributed by atoms with Crippen LogP contribution < -0.4 is 10.3 Å². The molecule has 0 aliphatic rings. The van der Waals surface area contributed by atoms with Gasteiger partial charge in [-0.15, -0.1) is 0 Å². The van der Waals surface area contributed by atoms with E-state index in [0.717, 1.165) is 30.7 Å². The summed E-state index contributed by atoms with van der Waals surface area (Å²) >= 11 is 0. The highest BCUT2D eigenvalue weighted by Crippen LogP contribution is 2.27. The summed E-state index contributed by atoms with van der Waals surface area (Å²) in [6.45, 7) is 0. The molecule has 31 heavy (non-hydrogen) atoms. The van der Waals surface area contributed by atoms with Gasteiger partial charge in [-0.1, -0.05) is 12.1 Å². The van der Waals surface area contributed by atoms with Crippen molar-refractivity contribution in [1.82, 2.24) is 15.0 Å². The summed E-state index contributed by atoms with van der Waals surface area (Å²) in [7, 11) is -4.59. The molecule has 0 amide bonds. The second kappa shape index (κ2) is 7.40. The highest BCUT2D eigenvalue weighted by atomic mass is 32.2. The summed E-state index contributed by atoms with van der Waals surface area (Å²) in [6, 6.07) is 5.80. The summed E-state index contributed by atoms with van der Waals surface area (Å²) in [4.78, 5) is 32.7. The molecule has 2 aromatic carbocycles. The summed E-state index contributed by atoms with van der Waals surface area (Å²) < 4.78 is 70.0. The number of H-pyrrole nitrogens is 2. The molecule has 0 aliphatic carbocycles. The van der Waals surface area contributed by atoms with Gasteiger partial charge in [-0.3, -0.25) is 14.3 Å². The number of nitrogens with one attached hydrogen (secondary N) is 3. The fourth-order valence-electron chi connectivity index (χ4n) is 2.99. The highest BCUT2D eigenvalue weighted by molar-refractivity contribution is 7.92. The van der Waals surface area contributed by atoms with E-state index in [-0.39, 0.29) is 16.6 Å². The molecule has 4 aromatic rings. The summed E-state index contributed by atoms with van der Waals surface area (Å²) in [6.07, 6.45) is 2.14. The topological polar surface area (TPSA) is 125 Å². The van der Waals surface area contributed by atoms with Gasteiger partial charge in [0.15, 0.2) is 5.82 Å². The van der Waals surface area contributed by atoms with E-state index in [1.807, 2.05) is 4.72 Å². The Labute approximate surface area is 171 Å². The molecule has 8 nitrogen and oxygen atoms in total. The van der Waals surface area contributed by atoms with Crippen molar-refractivity contribution in [3.05, 3.63) is 87.9 Å². The number of fused-ring (bicyclic) bond motifs is 1. The Kier molecular flexibility index (Phi) is 4.85. The minimum absolute atomic E-state index is 0.0179. The maximum absolute atomic E-state index is 15.0. The van der Waals surface area contributed by atoms with Crippen molar-refractivity contribution in [3.63, 3.8) is 0 Å². The lowest BCUT2D eigenvalue weighted by atomic mass is 10.0. The average Bonchev–Trinajstić information content (AvgIpc) is 3.16. The quantitative estimate of drug-likeness (QED) is 0.405. The number of aromatic amines is 2. The molecular formula is C19H11F3N4O4S. The summed E-state index contributed by atoms with van der Waals surface area (Å²) in [5.74, 6) is -5.11. The molecule has 0 bridgehead atoms. The number of aromatic nitrogens is 3. The molecule has 0 aliphatic heterocycles. The van der Waals surface area contributed by atoms with E-state index >= 15 is 4.39 Å². The number of anilines is 1. The van der Waals surface area contributed by atoms with E-state index in [4.69, 9.17) is 0 Å². The third-order valence-corrected chi connectivity index (χ3v) is 5.81. The second-order valence-electron chi connectivity index (χ2n) is 6.31. The normalized spacial score (nSPS) is 11.6. The number of ketones is 1. The Bertz CT molecular complexity index is 1510. The van der Waals surface area contributed by atoms with Gasteiger partial charge in [0.1, 0.15) is 22.2 Å². The largest absolute Gasteiger partial charge is 0.345 e. The second-order valence-corrected chi connectivity index (χ2v) is 7.96. The van der Waals surface area contributed by atoms with Gasteiger partial charge in [-0.05, 0) is 24.3 Å². The van der Waals surface area contributed by atoms with Crippen LogP contribution in [0.25, 0.3) is 11.0 Å². The minimum atomic E-state index is -4.59. The van der Waals surface area contributed by atoms with Crippen LogP contribution >= 0.6 is 0 Å². The fourth-order valence-corrected chi connectivity index (χ4v) is 4.13. The van der Waals surface area contributed by atoms with Gasteiger partial charge in [-0.2, -0.15) is 0 Å². The van der Waals surface area contributed by atoms with Gasteiger partial charge in [0.05, 0.1) is 28.5 Å². The van der Waals surface area contributed by atoms with Crippen molar-refractivity contribution in [2.75, 3.05) is 4.72 Å². The molecule has 3 N–H and O–H groups in total. The zero-order valence-electron chi connectivity index (χ0n) is 15.2. The molecular weight excluding hydrogens is 437 g/mol. The fraction of sp³-hybridized carbons (Fsp3) is 0. The van der Waals surface area contributed by atoms with Crippen molar-refractivity contribution in [2.45, 2.75) is 4.90 Å². The third-order valence-electron chi connectivity index (χ3n) is 4.41. The molecule has 2 aromatic heterocycles.